The molecule has 2 rings (SSSR count). The minimum atomic E-state index is -2.90. The van der Waals surface area contributed by atoms with Crippen molar-refractivity contribution in [1.82, 2.24) is 9.97 Å². The van der Waals surface area contributed by atoms with E-state index >= 15 is 0 Å². The van der Waals surface area contributed by atoms with Crippen LogP contribution in [0.25, 0.3) is 0 Å². The van der Waals surface area contributed by atoms with Crippen LogP contribution in [-0.4, -0.2) is 22.5 Å². The van der Waals surface area contributed by atoms with Gasteiger partial charge in [0.05, 0.1) is 0 Å². The van der Waals surface area contributed by atoms with Crippen LogP contribution in [0.2, 0.25) is 0 Å². The number of alkyl halides is 2. The summed E-state index contributed by atoms with van der Waals surface area (Å²) < 4.78 is 28.6. The molecule has 1 heterocycles. The number of aromatic amines is 2. The highest BCUT2D eigenvalue weighted by Gasteiger charge is 2.09. The van der Waals surface area contributed by atoms with E-state index < -0.39 is 6.61 Å². The summed E-state index contributed by atoms with van der Waals surface area (Å²) in [5, 5.41) is 2.62. The maximum atomic E-state index is 12.1. The van der Waals surface area contributed by atoms with Gasteiger partial charge in [0.25, 0.3) is 5.56 Å². The Balaban J connectivity index is 1.94. The predicted molar refractivity (Wildman–Crippen MR) is 87.0 cm³/mol. The molecule has 0 aliphatic heterocycles. The van der Waals surface area contributed by atoms with Crippen LogP contribution in [-0.2, 0) is 11.2 Å². The topological polar surface area (TPSA) is 87.0 Å². The van der Waals surface area contributed by atoms with Crippen LogP contribution in [0, 0.1) is 11.7 Å². The lowest BCUT2D eigenvalue weighted by Crippen LogP contribution is -2.19. The first kappa shape index (κ1) is 17.8. The molecule has 0 aliphatic carbocycles. The third-order valence-electron chi connectivity index (χ3n) is 3.22. The Hall–Kier alpha value is -2.55. The van der Waals surface area contributed by atoms with Gasteiger partial charge in [-0.3, -0.25) is 14.6 Å². The van der Waals surface area contributed by atoms with E-state index in [9.17, 15) is 18.4 Å². The summed E-state index contributed by atoms with van der Waals surface area (Å²) in [4.78, 5) is 29.0. The van der Waals surface area contributed by atoms with Gasteiger partial charge in [-0.05, 0) is 49.8 Å². The zero-order chi connectivity index (χ0) is 17.7. The fourth-order valence-electron chi connectivity index (χ4n) is 2.11. The van der Waals surface area contributed by atoms with Gasteiger partial charge in [0.1, 0.15) is 5.75 Å². The van der Waals surface area contributed by atoms with Crippen LogP contribution >= 0.6 is 12.2 Å². The summed E-state index contributed by atoms with van der Waals surface area (Å²) in [6.07, 6.45) is 0.329. The Kier molecular flexibility index (Phi) is 5.80. The molecule has 0 atom stereocenters. The third kappa shape index (κ3) is 4.98. The molecule has 0 saturated carbocycles. The number of benzene rings is 1. The summed E-state index contributed by atoms with van der Waals surface area (Å²) >= 11 is 4.86. The maximum Gasteiger partial charge on any atom is 0.387 e. The van der Waals surface area contributed by atoms with Gasteiger partial charge in [-0.25, -0.2) is 0 Å². The second-order valence-electron chi connectivity index (χ2n) is 4.96. The second kappa shape index (κ2) is 7.82. The quantitative estimate of drug-likeness (QED) is 0.696. The van der Waals surface area contributed by atoms with E-state index in [4.69, 9.17) is 12.2 Å². The monoisotopic (exact) mass is 355 g/mol. The second-order valence-corrected chi connectivity index (χ2v) is 5.37. The van der Waals surface area contributed by atoms with E-state index in [2.05, 4.69) is 20.0 Å². The Bertz CT molecular complexity index is 831. The van der Waals surface area contributed by atoms with Crippen LogP contribution < -0.4 is 15.6 Å². The SMILES string of the molecule is Cc1[nH]c(=S)[nH]c(=O)c1CCC(=O)Nc1ccc(OC(F)F)cc1. The summed E-state index contributed by atoms with van der Waals surface area (Å²) in [5.41, 5.74) is 1.20. The van der Waals surface area contributed by atoms with Gasteiger partial charge < -0.3 is 15.0 Å². The van der Waals surface area contributed by atoms with Crippen LogP contribution in [0.3, 0.4) is 0 Å². The third-order valence-corrected chi connectivity index (χ3v) is 3.42. The molecule has 1 aromatic heterocycles. The molecule has 3 N–H and O–H groups in total. The minimum absolute atomic E-state index is 0.00435. The minimum Gasteiger partial charge on any atom is -0.435 e. The largest absolute Gasteiger partial charge is 0.435 e. The summed E-state index contributed by atoms with van der Waals surface area (Å²) in [6, 6.07) is 5.56. The number of rotatable bonds is 6. The molecule has 0 spiro atoms. The van der Waals surface area contributed by atoms with Crippen molar-refractivity contribution in [1.29, 1.82) is 0 Å². The van der Waals surface area contributed by atoms with Crippen molar-refractivity contribution in [2.75, 3.05) is 5.32 Å². The zero-order valence-corrected chi connectivity index (χ0v) is 13.5. The Labute approximate surface area is 140 Å². The van der Waals surface area contributed by atoms with Crippen molar-refractivity contribution >= 4 is 23.8 Å². The standard InChI is InChI=1S/C15H15F2N3O3S/c1-8-11(13(22)20-15(24)18-8)6-7-12(21)19-9-2-4-10(5-3-9)23-14(16)17/h2-5,14H,6-7H2,1H3,(H,19,21)(H2,18,20,22,24). The molecule has 1 aromatic carbocycles. The molecule has 6 nitrogen and oxygen atoms in total. The van der Waals surface area contributed by atoms with Gasteiger partial charge in [-0.2, -0.15) is 8.78 Å². The summed E-state index contributed by atoms with van der Waals surface area (Å²) in [7, 11) is 0. The first-order chi connectivity index (χ1) is 11.3. The molecule has 1 amide bonds. The zero-order valence-electron chi connectivity index (χ0n) is 12.7. The molecule has 128 valence electrons. The average Bonchev–Trinajstić information content (AvgIpc) is 2.47. The van der Waals surface area contributed by atoms with Crippen molar-refractivity contribution in [2.45, 2.75) is 26.4 Å². The van der Waals surface area contributed by atoms with Gasteiger partial charge in [0, 0.05) is 23.4 Å². The van der Waals surface area contributed by atoms with Crippen molar-refractivity contribution in [3.8, 4) is 5.75 Å². The van der Waals surface area contributed by atoms with E-state index in [1.807, 2.05) is 0 Å². The predicted octanol–water partition coefficient (Wildman–Crippen LogP) is 2.91. The van der Waals surface area contributed by atoms with Crippen molar-refractivity contribution in [3.63, 3.8) is 0 Å². The number of halogens is 2. The van der Waals surface area contributed by atoms with Gasteiger partial charge >= 0.3 is 6.61 Å². The van der Waals surface area contributed by atoms with Crippen LogP contribution in [0.4, 0.5) is 14.5 Å². The number of aryl methyl sites for hydroxylation is 1. The van der Waals surface area contributed by atoms with Crippen molar-refractivity contribution in [3.05, 3.63) is 50.6 Å². The van der Waals surface area contributed by atoms with Crippen LogP contribution in [0.5, 0.6) is 5.75 Å². The Morgan fingerprint density at radius 2 is 1.96 bits per heavy atom. The number of ether oxygens (including phenoxy) is 1. The molecule has 0 bridgehead atoms. The van der Waals surface area contributed by atoms with E-state index in [0.29, 0.717) is 16.9 Å². The molecule has 0 fully saturated rings. The molecule has 0 saturated heterocycles. The summed E-state index contributed by atoms with van der Waals surface area (Å²) in [6.45, 7) is -1.19. The lowest BCUT2D eigenvalue weighted by atomic mass is 10.1. The van der Waals surface area contributed by atoms with Gasteiger partial charge in [-0.1, -0.05) is 0 Å². The van der Waals surface area contributed by atoms with Crippen molar-refractivity contribution < 1.29 is 18.3 Å². The Morgan fingerprint density at radius 1 is 1.29 bits per heavy atom. The number of anilines is 1. The molecule has 9 heteroatoms. The van der Waals surface area contributed by atoms with Gasteiger partial charge in [-0.15, -0.1) is 0 Å². The molecular weight excluding hydrogens is 340 g/mol. The fraction of sp³-hybridized carbons (Fsp3) is 0.267. The van der Waals surface area contributed by atoms with Crippen LogP contribution in [0.15, 0.2) is 29.1 Å². The summed E-state index contributed by atoms with van der Waals surface area (Å²) in [5.74, 6) is -0.302. The average molecular weight is 355 g/mol. The van der Waals surface area contributed by atoms with E-state index in [0.717, 1.165) is 0 Å². The number of hydrogen-bond acceptors (Lipinski definition) is 4. The first-order valence-corrected chi connectivity index (χ1v) is 7.43. The van der Waals surface area contributed by atoms with E-state index in [1.54, 1.807) is 6.92 Å². The van der Waals surface area contributed by atoms with Crippen molar-refractivity contribution in [2.24, 2.45) is 0 Å². The number of aromatic nitrogens is 2. The van der Waals surface area contributed by atoms with Gasteiger partial charge in [0.2, 0.25) is 5.91 Å². The number of amides is 1. The Morgan fingerprint density at radius 3 is 2.54 bits per heavy atom. The molecule has 0 radical (unpaired) electrons. The normalized spacial score (nSPS) is 10.7. The highest BCUT2D eigenvalue weighted by atomic mass is 32.1. The first-order valence-electron chi connectivity index (χ1n) is 7.02. The smallest absolute Gasteiger partial charge is 0.387 e. The maximum absolute atomic E-state index is 12.1. The highest BCUT2D eigenvalue weighted by molar-refractivity contribution is 7.71. The van der Waals surface area contributed by atoms with E-state index in [1.165, 1.54) is 24.3 Å². The molecule has 0 unspecified atom stereocenters. The highest BCUT2D eigenvalue weighted by Crippen LogP contribution is 2.18. The molecule has 0 aliphatic rings. The lowest BCUT2D eigenvalue weighted by Gasteiger charge is -2.08. The lowest BCUT2D eigenvalue weighted by molar-refractivity contribution is -0.116. The number of H-pyrrole nitrogens is 2. The molecular formula is C15H15F2N3O3S. The van der Waals surface area contributed by atoms with Crippen LogP contribution in [0.1, 0.15) is 17.7 Å². The fourth-order valence-corrected chi connectivity index (χ4v) is 2.35. The number of carbonyl (C=O) groups is 1. The number of hydrogen-bond donors (Lipinski definition) is 3. The van der Waals surface area contributed by atoms with Gasteiger partial charge in [0.15, 0.2) is 4.77 Å². The molecule has 2 aromatic rings. The number of nitrogens with one attached hydrogen (secondary N) is 3. The number of carbonyl (C=O) groups excluding carboxylic acids is 1. The van der Waals surface area contributed by atoms with E-state index in [-0.39, 0.29) is 34.8 Å². The molecule has 24 heavy (non-hydrogen) atoms.